The molecule has 0 heterocycles. The van der Waals surface area contributed by atoms with Crippen LogP contribution in [-0.4, -0.2) is 26.2 Å². The zero-order chi connectivity index (χ0) is 13.0. The summed E-state index contributed by atoms with van der Waals surface area (Å²) < 4.78 is 11.0. The van der Waals surface area contributed by atoms with Crippen molar-refractivity contribution >= 4 is 42.6 Å². The van der Waals surface area contributed by atoms with Crippen molar-refractivity contribution in [2.45, 2.75) is 6.42 Å². The average Bonchev–Trinajstić information content (AvgIpc) is 2.28. The van der Waals surface area contributed by atoms with Gasteiger partial charge in [-0.2, -0.15) is 6.16 Å². The number of carbonyl (C=O) groups is 1. The number of hydrogen-bond donors (Lipinski definition) is 0. The van der Waals surface area contributed by atoms with Gasteiger partial charge in [-0.15, -0.1) is 0 Å². The van der Waals surface area contributed by atoms with E-state index in [0.717, 1.165) is 0 Å². The Bertz CT molecular complexity index is 415. The van der Waals surface area contributed by atoms with Crippen molar-refractivity contribution in [1.29, 1.82) is 0 Å². The minimum Gasteiger partial charge on any atom is -0.558 e. The second-order valence-electron chi connectivity index (χ2n) is 3.20. The van der Waals surface area contributed by atoms with E-state index in [1.54, 1.807) is 6.07 Å². The third-order valence-corrected chi connectivity index (χ3v) is 3.30. The molecule has 7 heteroatoms. The van der Waals surface area contributed by atoms with Gasteiger partial charge in [-0.3, -0.25) is 4.79 Å². The quantitative estimate of drug-likeness (QED) is 0.451. The Balaban J connectivity index is 0.00000289. The molecule has 0 unspecified atom stereocenters. The molecule has 0 saturated heterocycles. The van der Waals surface area contributed by atoms with E-state index in [4.69, 9.17) is 21.1 Å². The fraction of sp³-hybridized carbons (Fsp3) is 0.364. The number of ketones is 1. The second-order valence-corrected chi connectivity index (χ2v) is 4.97. The molecule has 0 spiro atoms. The summed E-state index contributed by atoms with van der Waals surface area (Å²) in [5, 5.41) is 0.373. The minimum atomic E-state index is -0.0862. The van der Waals surface area contributed by atoms with Crippen LogP contribution in [-0.2, 0) is 0 Å². The van der Waals surface area contributed by atoms with E-state index in [1.165, 1.54) is 14.2 Å². The van der Waals surface area contributed by atoms with Gasteiger partial charge in [-0.1, -0.05) is 11.6 Å². The van der Waals surface area contributed by atoms with Crippen LogP contribution in [0.3, 0.4) is 0 Å². The maximum absolute atomic E-state index is 12.0. The molecule has 0 amide bonds. The largest absolute Gasteiger partial charge is 1.00 e. The van der Waals surface area contributed by atoms with Gasteiger partial charge in [0.2, 0.25) is 0 Å². The Morgan fingerprint density at radius 1 is 1.39 bits per heavy atom. The fourth-order valence-electron chi connectivity index (χ4n) is 1.48. The zero-order valence-electron chi connectivity index (χ0n) is 10.5. The minimum absolute atomic E-state index is 0. The summed E-state index contributed by atoms with van der Waals surface area (Å²) in [5.41, 5.74) is 0.368. The third-order valence-electron chi connectivity index (χ3n) is 2.18. The van der Waals surface area contributed by atoms with Crippen molar-refractivity contribution in [2.75, 3.05) is 20.4 Å². The predicted molar refractivity (Wildman–Crippen MR) is 74.4 cm³/mol. The van der Waals surface area contributed by atoms with Crippen LogP contribution >= 0.6 is 36.8 Å². The van der Waals surface area contributed by atoms with E-state index in [2.05, 4.69) is 25.2 Å². The molecule has 0 saturated carbocycles. The van der Waals surface area contributed by atoms with Gasteiger partial charge in [0.15, 0.2) is 11.5 Å². The molecule has 0 fully saturated rings. The first-order chi connectivity index (χ1) is 8.06. The maximum atomic E-state index is 12.0. The Morgan fingerprint density at radius 3 is 2.39 bits per heavy atom. The summed E-state index contributed by atoms with van der Waals surface area (Å²) in [6.07, 6.45) is 0.908. The molecule has 0 aliphatic heterocycles. The van der Waals surface area contributed by atoms with Crippen molar-refractivity contribution in [2.24, 2.45) is 0 Å². The molecule has 1 aromatic rings. The molecular weight excluding hydrogens is 333 g/mol. The van der Waals surface area contributed by atoms with Crippen LogP contribution in [0.1, 0.15) is 16.8 Å². The van der Waals surface area contributed by atoms with Gasteiger partial charge in [0.1, 0.15) is 11.3 Å². The number of methoxy groups -OCH3 is 2. The van der Waals surface area contributed by atoms with Gasteiger partial charge < -0.3 is 18.7 Å². The standard InChI is InChI=1S/C11H12BrClO3P.Li/c1-15-10-6(12)5-7(13)11(16-2)9(10)8(14)3-4-17;/h5,17H,3-4H2,1-2H3;/q-1;+1. The van der Waals surface area contributed by atoms with Gasteiger partial charge >= 0.3 is 18.9 Å². The van der Waals surface area contributed by atoms with Gasteiger partial charge in [0.25, 0.3) is 0 Å². The van der Waals surface area contributed by atoms with Crippen LogP contribution in [0.2, 0.25) is 5.02 Å². The Hall–Kier alpha value is 0.287. The van der Waals surface area contributed by atoms with Gasteiger partial charge in [-0.05, 0) is 28.4 Å². The number of hydrogen-bond acceptors (Lipinski definition) is 3. The third kappa shape index (κ3) is 3.89. The van der Waals surface area contributed by atoms with Gasteiger partial charge in [0, 0.05) is 0 Å². The molecule has 1 aromatic carbocycles. The summed E-state index contributed by atoms with van der Waals surface area (Å²) in [7, 11) is 6.25. The second kappa shape index (κ2) is 8.46. The SMILES string of the molecule is COc1c(Cl)cc(Br)c(OC)c1C(=O)CC[PH-].[Li+]. The Morgan fingerprint density at radius 2 is 1.94 bits per heavy atom. The van der Waals surface area contributed by atoms with E-state index in [-0.39, 0.29) is 24.6 Å². The predicted octanol–water partition coefficient (Wildman–Crippen LogP) is 0.839. The molecule has 0 bridgehead atoms. The Kier molecular flexibility index (Phi) is 8.59. The molecule has 0 aromatic heterocycles. The number of Topliss-reactive ketones (excluding diaryl/α,β-unsaturated/α-hetero) is 1. The summed E-state index contributed by atoms with van der Waals surface area (Å²) in [4.78, 5) is 12.0. The van der Waals surface area contributed by atoms with Crippen molar-refractivity contribution in [3.8, 4) is 11.5 Å². The number of rotatable bonds is 5. The zero-order valence-corrected chi connectivity index (χ0v) is 13.8. The molecule has 0 aliphatic carbocycles. The van der Waals surface area contributed by atoms with E-state index < -0.39 is 0 Å². The van der Waals surface area contributed by atoms with Gasteiger partial charge in [-0.25, -0.2) is 0 Å². The molecule has 0 radical (unpaired) electrons. The smallest absolute Gasteiger partial charge is 0.558 e. The Labute approximate surface area is 134 Å². The van der Waals surface area contributed by atoms with Crippen molar-refractivity contribution < 1.29 is 33.1 Å². The topological polar surface area (TPSA) is 35.5 Å². The first-order valence-corrected chi connectivity index (χ1v) is 6.72. The summed E-state index contributed by atoms with van der Waals surface area (Å²) in [6.45, 7) is 0. The van der Waals surface area contributed by atoms with Crippen LogP contribution in [0.25, 0.3) is 0 Å². The molecular formula is C11H12BrClLiO3P. The van der Waals surface area contributed by atoms with Crippen molar-refractivity contribution in [3.63, 3.8) is 0 Å². The van der Waals surface area contributed by atoms with Crippen LogP contribution in [0, 0.1) is 0 Å². The summed E-state index contributed by atoms with van der Waals surface area (Å²) in [6, 6.07) is 1.64. The molecule has 0 N–H and O–H groups in total. The van der Waals surface area contributed by atoms with Crippen molar-refractivity contribution in [1.82, 2.24) is 0 Å². The number of carbonyl (C=O) groups excluding carboxylic acids is 1. The first kappa shape index (κ1) is 18.3. The number of halogens is 2. The average molecular weight is 345 g/mol. The molecule has 18 heavy (non-hydrogen) atoms. The molecule has 0 aliphatic rings. The number of ether oxygens (including phenoxy) is 2. The molecule has 94 valence electrons. The van der Waals surface area contributed by atoms with Gasteiger partial charge in [0.05, 0.1) is 23.7 Å². The van der Waals surface area contributed by atoms with E-state index in [9.17, 15) is 4.79 Å². The van der Waals surface area contributed by atoms with Crippen molar-refractivity contribution in [3.05, 3.63) is 21.1 Å². The molecule has 0 atom stereocenters. The fourth-order valence-corrected chi connectivity index (χ4v) is 2.70. The maximum Gasteiger partial charge on any atom is 1.00 e. The van der Waals surface area contributed by atoms with E-state index in [0.29, 0.717) is 39.1 Å². The van der Waals surface area contributed by atoms with E-state index >= 15 is 0 Å². The van der Waals surface area contributed by atoms with Crippen LogP contribution < -0.4 is 28.3 Å². The molecule has 1 rings (SSSR count). The van der Waals surface area contributed by atoms with Crippen LogP contribution in [0.4, 0.5) is 0 Å². The normalized spacial score (nSPS) is 9.61. The van der Waals surface area contributed by atoms with Crippen LogP contribution in [0.15, 0.2) is 10.5 Å². The summed E-state index contributed by atoms with van der Waals surface area (Å²) in [5.74, 6) is 0.699. The first-order valence-electron chi connectivity index (χ1n) is 4.84. The number of benzene rings is 1. The van der Waals surface area contributed by atoms with E-state index in [1.807, 2.05) is 0 Å². The monoisotopic (exact) mass is 344 g/mol. The molecule has 3 nitrogen and oxygen atoms in total. The summed E-state index contributed by atoms with van der Waals surface area (Å²) >= 11 is 9.34. The van der Waals surface area contributed by atoms with Crippen LogP contribution in [0.5, 0.6) is 11.5 Å².